The summed E-state index contributed by atoms with van der Waals surface area (Å²) in [7, 11) is 0. The second-order valence-electron chi connectivity index (χ2n) is 5.94. The highest BCUT2D eigenvalue weighted by atomic mass is 16.3. The third-order valence-corrected chi connectivity index (χ3v) is 4.37. The van der Waals surface area contributed by atoms with Gasteiger partial charge in [0, 0.05) is 16.8 Å². The minimum absolute atomic E-state index is 0.256. The first kappa shape index (κ1) is 13.6. The molecule has 0 spiro atoms. The molecule has 0 radical (unpaired) electrons. The van der Waals surface area contributed by atoms with Gasteiger partial charge in [0.15, 0.2) is 0 Å². The first-order chi connectivity index (χ1) is 11.1. The van der Waals surface area contributed by atoms with E-state index in [2.05, 4.69) is 37.3 Å². The zero-order chi connectivity index (χ0) is 16.0. The summed E-state index contributed by atoms with van der Waals surface area (Å²) in [6.45, 7) is 2.06. The van der Waals surface area contributed by atoms with Crippen molar-refractivity contribution in [3.63, 3.8) is 0 Å². The van der Waals surface area contributed by atoms with E-state index in [-0.39, 0.29) is 5.75 Å². The Bertz CT molecular complexity index is 1050. The van der Waals surface area contributed by atoms with Crippen LogP contribution in [0, 0.1) is 6.92 Å². The third-order valence-electron chi connectivity index (χ3n) is 4.37. The number of nitrogen functional groups attached to an aromatic ring is 1. The average Bonchev–Trinajstić information content (AvgIpc) is 2.56. The maximum Gasteiger partial charge on any atom is 0.124 e. The molecular formula is C21H17NO. The molecule has 0 atom stereocenters. The lowest BCUT2D eigenvalue weighted by molar-refractivity contribution is 0.478. The van der Waals surface area contributed by atoms with Crippen LogP contribution in [0.2, 0.25) is 0 Å². The second-order valence-corrected chi connectivity index (χ2v) is 5.94. The van der Waals surface area contributed by atoms with Crippen molar-refractivity contribution >= 4 is 27.2 Å². The van der Waals surface area contributed by atoms with E-state index in [9.17, 15) is 5.11 Å². The minimum Gasteiger partial charge on any atom is -0.507 e. The lowest BCUT2D eigenvalue weighted by Gasteiger charge is -2.15. The van der Waals surface area contributed by atoms with Crippen molar-refractivity contribution in [3.8, 4) is 16.9 Å². The summed E-state index contributed by atoms with van der Waals surface area (Å²) in [5.41, 5.74) is 9.84. The lowest BCUT2D eigenvalue weighted by Crippen LogP contribution is -1.93. The molecule has 0 unspecified atom stereocenters. The van der Waals surface area contributed by atoms with Crippen molar-refractivity contribution < 1.29 is 5.11 Å². The first-order valence-corrected chi connectivity index (χ1v) is 7.65. The zero-order valence-electron chi connectivity index (χ0n) is 12.9. The van der Waals surface area contributed by atoms with Gasteiger partial charge < -0.3 is 10.8 Å². The molecule has 0 aromatic heterocycles. The lowest BCUT2D eigenvalue weighted by atomic mass is 9.91. The fourth-order valence-corrected chi connectivity index (χ4v) is 3.25. The number of hydrogen-bond acceptors (Lipinski definition) is 2. The Kier molecular flexibility index (Phi) is 2.98. The fourth-order valence-electron chi connectivity index (χ4n) is 3.25. The van der Waals surface area contributed by atoms with E-state index >= 15 is 0 Å². The van der Waals surface area contributed by atoms with Gasteiger partial charge in [0.2, 0.25) is 0 Å². The maximum atomic E-state index is 10.6. The average molecular weight is 299 g/mol. The van der Waals surface area contributed by atoms with Gasteiger partial charge in [-0.05, 0) is 40.6 Å². The molecule has 0 saturated carbocycles. The van der Waals surface area contributed by atoms with Gasteiger partial charge in [0.1, 0.15) is 5.75 Å². The van der Waals surface area contributed by atoms with Crippen LogP contribution in [0.25, 0.3) is 32.7 Å². The Hall–Kier alpha value is -3.00. The maximum absolute atomic E-state index is 10.6. The molecule has 0 fully saturated rings. The number of phenols is 1. The minimum atomic E-state index is 0.256. The van der Waals surface area contributed by atoms with E-state index in [1.54, 1.807) is 6.07 Å². The molecule has 2 nitrogen and oxygen atoms in total. The number of rotatable bonds is 1. The van der Waals surface area contributed by atoms with E-state index in [1.807, 2.05) is 30.3 Å². The summed E-state index contributed by atoms with van der Waals surface area (Å²) in [6, 6.07) is 22.0. The number of fused-ring (bicyclic) bond motifs is 2. The summed E-state index contributed by atoms with van der Waals surface area (Å²) in [4.78, 5) is 0. The molecule has 4 aromatic rings. The SMILES string of the molecule is Cc1ccc2ccc(O)c(-c3c(N)ccc4ccccc34)c2c1. The van der Waals surface area contributed by atoms with Crippen LogP contribution < -0.4 is 5.73 Å². The summed E-state index contributed by atoms with van der Waals surface area (Å²) in [6.07, 6.45) is 0. The van der Waals surface area contributed by atoms with Gasteiger partial charge in [-0.3, -0.25) is 0 Å². The van der Waals surface area contributed by atoms with E-state index in [0.717, 1.165) is 38.2 Å². The van der Waals surface area contributed by atoms with Crippen molar-refractivity contribution in [2.24, 2.45) is 0 Å². The third kappa shape index (κ3) is 2.11. The van der Waals surface area contributed by atoms with Crippen molar-refractivity contribution in [2.75, 3.05) is 5.73 Å². The van der Waals surface area contributed by atoms with Crippen LogP contribution in [0.1, 0.15) is 5.56 Å². The Labute approximate surface area is 134 Å². The van der Waals surface area contributed by atoms with Gasteiger partial charge in [-0.15, -0.1) is 0 Å². The number of nitrogens with two attached hydrogens (primary N) is 1. The Balaban J connectivity index is 2.21. The zero-order valence-corrected chi connectivity index (χ0v) is 12.9. The molecular weight excluding hydrogens is 282 g/mol. The van der Waals surface area contributed by atoms with E-state index in [4.69, 9.17) is 5.73 Å². The molecule has 0 aliphatic heterocycles. The standard InChI is InChI=1S/C21H17NO/c1-13-6-7-15-9-11-19(23)21(17(15)12-13)20-16-5-3-2-4-14(16)8-10-18(20)22/h2-12,23H,22H2,1H3. The van der Waals surface area contributed by atoms with Crippen LogP contribution in [0.4, 0.5) is 5.69 Å². The summed E-state index contributed by atoms with van der Waals surface area (Å²) in [5, 5.41) is 14.9. The predicted octanol–water partition coefficient (Wildman–Crippen LogP) is 5.26. The van der Waals surface area contributed by atoms with Crippen molar-refractivity contribution in [1.82, 2.24) is 0 Å². The molecule has 0 aliphatic rings. The van der Waals surface area contributed by atoms with Crippen LogP contribution in [-0.4, -0.2) is 5.11 Å². The Morgan fingerprint density at radius 1 is 0.739 bits per heavy atom. The molecule has 23 heavy (non-hydrogen) atoms. The van der Waals surface area contributed by atoms with E-state index in [0.29, 0.717) is 5.69 Å². The molecule has 0 saturated heterocycles. The topological polar surface area (TPSA) is 46.2 Å². The number of aryl methyl sites for hydroxylation is 1. The molecule has 4 aromatic carbocycles. The molecule has 3 N–H and O–H groups in total. The normalized spacial score (nSPS) is 11.2. The summed E-state index contributed by atoms with van der Waals surface area (Å²) >= 11 is 0. The molecule has 4 rings (SSSR count). The van der Waals surface area contributed by atoms with E-state index < -0.39 is 0 Å². The van der Waals surface area contributed by atoms with Crippen LogP contribution in [0.5, 0.6) is 5.75 Å². The molecule has 2 heteroatoms. The van der Waals surface area contributed by atoms with Crippen LogP contribution in [-0.2, 0) is 0 Å². The highest BCUT2D eigenvalue weighted by Crippen LogP contribution is 2.43. The number of benzene rings is 4. The fraction of sp³-hybridized carbons (Fsp3) is 0.0476. The Morgan fingerprint density at radius 3 is 2.30 bits per heavy atom. The van der Waals surface area contributed by atoms with Gasteiger partial charge in [-0.2, -0.15) is 0 Å². The highest BCUT2D eigenvalue weighted by Gasteiger charge is 2.15. The quantitative estimate of drug-likeness (QED) is 0.471. The number of phenolic OH excluding ortho intramolecular Hbond substituents is 1. The highest BCUT2D eigenvalue weighted by molar-refractivity contribution is 6.11. The van der Waals surface area contributed by atoms with Crippen molar-refractivity contribution in [2.45, 2.75) is 6.92 Å². The van der Waals surface area contributed by atoms with Crippen molar-refractivity contribution in [1.29, 1.82) is 0 Å². The van der Waals surface area contributed by atoms with Crippen LogP contribution in [0.3, 0.4) is 0 Å². The van der Waals surface area contributed by atoms with E-state index in [1.165, 1.54) is 0 Å². The van der Waals surface area contributed by atoms with Gasteiger partial charge in [0.25, 0.3) is 0 Å². The molecule has 0 heterocycles. The van der Waals surface area contributed by atoms with Gasteiger partial charge >= 0.3 is 0 Å². The summed E-state index contributed by atoms with van der Waals surface area (Å²) in [5.74, 6) is 0.256. The molecule has 112 valence electrons. The first-order valence-electron chi connectivity index (χ1n) is 7.65. The molecule has 0 aliphatic carbocycles. The second kappa shape index (κ2) is 5.03. The van der Waals surface area contributed by atoms with Gasteiger partial charge in [0.05, 0.1) is 0 Å². The van der Waals surface area contributed by atoms with Crippen LogP contribution >= 0.6 is 0 Å². The summed E-state index contributed by atoms with van der Waals surface area (Å²) < 4.78 is 0. The monoisotopic (exact) mass is 299 g/mol. The predicted molar refractivity (Wildman–Crippen MR) is 97.7 cm³/mol. The molecule has 0 amide bonds. The van der Waals surface area contributed by atoms with Gasteiger partial charge in [-0.25, -0.2) is 0 Å². The number of hydrogen-bond donors (Lipinski definition) is 2. The number of anilines is 1. The number of aromatic hydroxyl groups is 1. The largest absolute Gasteiger partial charge is 0.507 e. The van der Waals surface area contributed by atoms with Crippen LogP contribution in [0.15, 0.2) is 66.7 Å². The van der Waals surface area contributed by atoms with Gasteiger partial charge in [-0.1, -0.05) is 60.2 Å². The Morgan fingerprint density at radius 2 is 1.43 bits per heavy atom. The molecule has 0 bridgehead atoms. The van der Waals surface area contributed by atoms with Crippen molar-refractivity contribution in [3.05, 3.63) is 72.3 Å². The smallest absolute Gasteiger partial charge is 0.124 e.